The Hall–Kier alpha value is -2.61. The Morgan fingerprint density at radius 3 is 2.50 bits per heavy atom. The SMILES string of the molecule is CCCC(NC=O)N1C(=O)[C@@H](CC(=O)O)O[C@H](c2cccc(Cl)c2)[C@@H]1c1ccc(Cl)cc1. The smallest absolute Gasteiger partial charge is 0.306 e. The predicted octanol–water partition coefficient (Wildman–Crippen LogP) is 4.35. The zero-order valence-electron chi connectivity index (χ0n) is 17.4. The monoisotopic (exact) mass is 478 g/mol. The van der Waals surface area contributed by atoms with Gasteiger partial charge in [-0.15, -0.1) is 0 Å². The Morgan fingerprint density at radius 2 is 1.91 bits per heavy atom. The van der Waals surface area contributed by atoms with Gasteiger partial charge < -0.3 is 20.1 Å². The molecule has 0 bridgehead atoms. The highest BCUT2D eigenvalue weighted by Gasteiger charge is 2.47. The number of ether oxygens (including phenoxy) is 1. The van der Waals surface area contributed by atoms with E-state index in [1.54, 1.807) is 42.5 Å². The first-order chi connectivity index (χ1) is 15.3. The van der Waals surface area contributed by atoms with Gasteiger partial charge >= 0.3 is 5.97 Å². The third-order valence-corrected chi connectivity index (χ3v) is 5.82. The first-order valence-corrected chi connectivity index (χ1v) is 11.0. The van der Waals surface area contributed by atoms with E-state index >= 15 is 0 Å². The number of amides is 2. The molecule has 1 fully saturated rings. The third-order valence-electron chi connectivity index (χ3n) is 5.33. The van der Waals surface area contributed by atoms with E-state index in [-0.39, 0.29) is 0 Å². The van der Waals surface area contributed by atoms with Gasteiger partial charge in [0.15, 0.2) is 0 Å². The Bertz CT molecular complexity index is 969. The van der Waals surface area contributed by atoms with Gasteiger partial charge in [0.25, 0.3) is 5.91 Å². The molecule has 0 aromatic heterocycles. The van der Waals surface area contributed by atoms with Gasteiger partial charge in [-0.1, -0.05) is 60.8 Å². The van der Waals surface area contributed by atoms with Crippen molar-refractivity contribution in [2.75, 3.05) is 0 Å². The fraction of sp³-hybridized carbons (Fsp3) is 0.348. The van der Waals surface area contributed by atoms with Crippen LogP contribution in [0.15, 0.2) is 48.5 Å². The summed E-state index contributed by atoms with van der Waals surface area (Å²) in [5, 5.41) is 13.1. The summed E-state index contributed by atoms with van der Waals surface area (Å²) in [4.78, 5) is 37.9. The van der Waals surface area contributed by atoms with Crippen LogP contribution in [0.2, 0.25) is 10.0 Å². The number of carboxylic acids is 1. The van der Waals surface area contributed by atoms with E-state index in [4.69, 9.17) is 27.9 Å². The summed E-state index contributed by atoms with van der Waals surface area (Å²) in [6.45, 7) is 1.94. The number of nitrogens with one attached hydrogen (secondary N) is 1. The molecule has 1 heterocycles. The van der Waals surface area contributed by atoms with Gasteiger partial charge in [-0.2, -0.15) is 0 Å². The lowest BCUT2D eigenvalue weighted by atomic mass is 9.90. The van der Waals surface area contributed by atoms with Crippen molar-refractivity contribution in [1.29, 1.82) is 0 Å². The van der Waals surface area contributed by atoms with Crippen molar-refractivity contribution in [3.63, 3.8) is 0 Å². The fourth-order valence-corrected chi connectivity index (χ4v) is 4.32. The van der Waals surface area contributed by atoms with E-state index in [1.165, 1.54) is 4.90 Å². The maximum absolute atomic E-state index is 13.5. The van der Waals surface area contributed by atoms with Crippen molar-refractivity contribution < 1.29 is 24.2 Å². The number of carboxylic acid groups (broad SMARTS) is 1. The molecule has 0 aliphatic carbocycles. The Balaban J connectivity index is 2.18. The minimum absolute atomic E-state index is 0.482. The van der Waals surface area contributed by atoms with E-state index in [0.717, 1.165) is 5.56 Å². The normalized spacial score (nSPS) is 21.8. The van der Waals surface area contributed by atoms with Gasteiger partial charge in [-0.25, -0.2) is 0 Å². The lowest BCUT2D eigenvalue weighted by Gasteiger charge is -2.47. The van der Waals surface area contributed by atoms with Crippen LogP contribution in [0, 0.1) is 0 Å². The summed E-state index contributed by atoms with van der Waals surface area (Å²) in [5.41, 5.74) is 1.42. The zero-order chi connectivity index (χ0) is 23.3. The molecule has 1 aliphatic heterocycles. The van der Waals surface area contributed by atoms with Crippen LogP contribution < -0.4 is 5.32 Å². The van der Waals surface area contributed by atoms with Crippen LogP contribution in [0.1, 0.15) is 49.5 Å². The van der Waals surface area contributed by atoms with Crippen LogP contribution in [-0.4, -0.2) is 40.6 Å². The topological polar surface area (TPSA) is 95.9 Å². The molecule has 0 spiro atoms. The van der Waals surface area contributed by atoms with Gasteiger partial charge in [0, 0.05) is 10.0 Å². The first kappa shape index (κ1) is 24.0. The second kappa shape index (κ2) is 10.8. The molecule has 3 rings (SSSR count). The molecule has 0 radical (unpaired) electrons. The van der Waals surface area contributed by atoms with Crippen molar-refractivity contribution in [2.45, 2.75) is 50.6 Å². The summed E-state index contributed by atoms with van der Waals surface area (Å²) in [5.74, 6) is -1.66. The average Bonchev–Trinajstić information content (AvgIpc) is 2.75. The second-order valence-electron chi connectivity index (χ2n) is 7.53. The number of carbonyl (C=O) groups excluding carboxylic acids is 2. The van der Waals surface area contributed by atoms with Crippen molar-refractivity contribution in [3.8, 4) is 0 Å². The lowest BCUT2D eigenvalue weighted by molar-refractivity contribution is -0.185. The molecule has 7 nitrogen and oxygen atoms in total. The molecule has 2 aromatic carbocycles. The maximum Gasteiger partial charge on any atom is 0.306 e. The largest absolute Gasteiger partial charge is 0.481 e. The highest BCUT2D eigenvalue weighted by Crippen LogP contribution is 2.44. The van der Waals surface area contributed by atoms with Gasteiger partial charge in [-0.05, 0) is 41.8 Å². The van der Waals surface area contributed by atoms with Crippen LogP contribution >= 0.6 is 23.2 Å². The maximum atomic E-state index is 13.5. The van der Waals surface area contributed by atoms with Crippen LogP contribution in [0.25, 0.3) is 0 Å². The second-order valence-corrected chi connectivity index (χ2v) is 8.40. The van der Waals surface area contributed by atoms with Crippen molar-refractivity contribution in [2.24, 2.45) is 0 Å². The van der Waals surface area contributed by atoms with Gasteiger partial charge in [0.2, 0.25) is 6.41 Å². The number of nitrogens with zero attached hydrogens (tertiary/aromatic N) is 1. The molecule has 0 saturated carbocycles. The number of morpholine rings is 1. The molecule has 170 valence electrons. The molecule has 1 saturated heterocycles. The quantitative estimate of drug-likeness (QED) is 0.522. The summed E-state index contributed by atoms with van der Waals surface area (Å²) in [6, 6.07) is 13.4. The van der Waals surface area contributed by atoms with E-state index in [2.05, 4.69) is 5.32 Å². The molecule has 1 aliphatic rings. The van der Waals surface area contributed by atoms with E-state index in [1.807, 2.05) is 13.0 Å². The molecule has 2 aromatic rings. The minimum atomic E-state index is -1.21. The highest BCUT2D eigenvalue weighted by molar-refractivity contribution is 6.30. The summed E-state index contributed by atoms with van der Waals surface area (Å²) >= 11 is 12.3. The molecule has 1 unspecified atom stereocenters. The average molecular weight is 479 g/mol. The number of carbonyl (C=O) groups is 3. The predicted molar refractivity (Wildman–Crippen MR) is 120 cm³/mol. The van der Waals surface area contributed by atoms with Gasteiger partial charge in [0.05, 0.1) is 12.5 Å². The Morgan fingerprint density at radius 1 is 1.19 bits per heavy atom. The number of hydrogen-bond acceptors (Lipinski definition) is 4. The fourth-order valence-electron chi connectivity index (χ4n) is 3.99. The highest BCUT2D eigenvalue weighted by atomic mass is 35.5. The number of rotatable bonds is 9. The molecule has 32 heavy (non-hydrogen) atoms. The number of halogens is 2. The van der Waals surface area contributed by atoms with Crippen molar-refractivity contribution >= 4 is 41.5 Å². The number of hydrogen-bond donors (Lipinski definition) is 2. The van der Waals surface area contributed by atoms with E-state index in [0.29, 0.717) is 34.9 Å². The van der Waals surface area contributed by atoms with Crippen molar-refractivity contribution in [3.05, 3.63) is 69.7 Å². The summed E-state index contributed by atoms with van der Waals surface area (Å²) < 4.78 is 6.10. The molecule has 2 N–H and O–H groups in total. The summed E-state index contributed by atoms with van der Waals surface area (Å²) in [6.07, 6.45) is -1.36. The van der Waals surface area contributed by atoms with Crippen LogP contribution in [0.4, 0.5) is 0 Å². The van der Waals surface area contributed by atoms with E-state index in [9.17, 15) is 19.5 Å². The zero-order valence-corrected chi connectivity index (χ0v) is 18.9. The molecular formula is C23H24Cl2N2O5. The van der Waals surface area contributed by atoms with E-state index < -0.39 is 42.7 Å². The first-order valence-electron chi connectivity index (χ1n) is 10.3. The summed E-state index contributed by atoms with van der Waals surface area (Å²) in [7, 11) is 0. The van der Waals surface area contributed by atoms with Crippen LogP contribution in [-0.2, 0) is 19.1 Å². The number of benzene rings is 2. The third kappa shape index (κ3) is 5.41. The van der Waals surface area contributed by atoms with Crippen LogP contribution in [0.3, 0.4) is 0 Å². The van der Waals surface area contributed by atoms with Crippen LogP contribution in [0.5, 0.6) is 0 Å². The molecular weight excluding hydrogens is 455 g/mol. The van der Waals surface area contributed by atoms with Crippen molar-refractivity contribution in [1.82, 2.24) is 10.2 Å². The molecule has 2 amide bonds. The minimum Gasteiger partial charge on any atom is -0.481 e. The Kier molecular flexibility index (Phi) is 8.12. The Labute approximate surface area is 196 Å². The number of aliphatic carboxylic acids is 1. The molecule has 4 atom stereocenters. The van der Waals surface area contributed by atoms with Gasteiger partial charge in [0.1, 0.15) is 18.4 Å². The standard InChI is InChI=1S/C23H24Cl2N2O5/c1-2-4-19(26-13-28)27-21(14-7-9-16(24)10-8-14)22(15-5-3-6-17(25)11-15)32-18(23(27)31)12-20(29)30/h3,5-11,13,18-19,21-22H,2,4,12H2,1H3,(H,26,28)(H,29,30)/t18-,19?,21+,22-/m1/s1. The molecule has 9 heteroatoms. The lowest BCUT2D eigenvalue weighted by Crippen LogP contribution is -2.58. The van der Waals surface area contributed by atoms with Gasteiger partial charge in [-0.3, -0.25) is 14.4 Å².